The van der Waals surface area contributed by atoms with Crippen LogP contribution in [0.5, 0.6) is 0 Å². The van der Waals surface area contributed by atoms with Crippen LogP contribution in [0.15, 0.2) is 4.99 Å². The maximum absolute atomic E-state index is 13.0. The van der Waals surface area contributed by atoms with E-state index in [0.717, 1.165) is 0 Å². The van der Waals surface area contributed by atoms with E-state index in [4.69, 9.17) is 33.8 Å². The van der Waals surface area contributed by atoms with Crippen LogP contribution in [0, 0.1) is 0 Å². The number of guanidine groups is 1. The smallest absolute Gasteiger partial charge is 0.326 e. The van der Waals surface area contributed by atoms with Crippen LogP contribution in [0.25, 0.3) is 0 Å². The monoisotopic (exact) mass is 545 g/mol. The number of aliphatic imine (C=N–C) groups is 1. The van der Waals surface area contributed by atoms with Crippen LogP contribution in [-0.2, 0) is 33.6 Å². The van der Waals surface area contributed by atoms with Gasteiger partial charge >= 0.3 is 11.9 Å². The number of carboxylic acids is 2. The summed E-state index contributed by atoms with van der Waals surface area (Å²) in [6, 6.07) is -5.84. The van der Waals surface area contributed by atoms with Gasteiger partial charge in [0.05, 0.1) is 12.5 Å². The Labute approximate surface area is 217 Å². The molecule has 0 bridgehead atoms. The van der Waals surface area contributed by atoms with Crippen LogP contribution in [0.4, 0.5) is 0 Å². The first-order valence-electron chi connectivity index (χ1n) is 11.4. The summed E-state index contributed by atoms with van der Waals surface area (Å²) in [7, 11) is 0. The van der Waals surface area contributed by atoms with Gasteiger partial charge in [-0.15, -0.1) is 0 Å². The van der Waals surface area contributed by atoms with Crippen molar-refractivity contribution in [1.82, 2.24) is 16.0 Å². The van der Waals surface area contributed by atoms with E-state index in [0.29, 0.717) is 0 Å². The van der Waals surface area contributed by atoms with Gasteiger partial charge in [0.2, 0.25) is 29.5 Å². The van der Waals surface area contributed by atoms with Gasteiger partial charge in [-0.1, -0.05) is 0 Å². The number of carbonyl (C=O) groups excluding carboxylic acids is 5. The van der Waals surface area contributed by atoms with E-state index in [1.165, 1.54) is 0 Å². The predicted octanol–water partition coefficient (Wildman–Crippen LogP) is -5.09. The fourth-order valence-electron chi connectivity index (χ4n) is 2.98. The van der Waals surface area contributed by atoms with Crippen LogP contribution in [0.3, 0.4) is 0 Å². The molecule has 0 aromatic rings. The Morgan fingerprint density at radius 1 is 0.684 bits per heavy atom. The second-order valence-corrected chi connectivity index (χ2v) is 8.18. The van der Waals surface area contributed by atoms with Gasteiger partial charge < -0.3 is 54.8 Å². The van der Waals surface area contributed by atoms with Gasteiger partial charge in [0.1, 0.15) is 18.1 Å². The molecule has 0 saturated carbocycles. The molecule has 18 nitrogen and oxygen atoms in total. The molecule has 0 spiro atoms. The summed E-state index contributed by atoms with van der Waals surface area (Å²) in [4.78, 5) is 86.4. The Morgan fingerprint density at radius 3 is 1.58 bits per heavy atom. The quantitative estimate of drug-likeness (QED) is 0.0414. The summed E-state index contributed by atoms with van der Waals surface area (Å²) in [6.07, 6.45) is -2.01. The van der Waals surface area contributed by atoms with Gasteiger partial charge in [-0.25, -0.2) is 4.79 Å². The van der Waals surface area contributed by atoms with E-state index in [-0.39, 0.29) is 51.0 Å². The molecule has 0 aliphatic carbocycles. The summed E-state index contributed by atoms with van der Waals surface area (Å²) < 4.78 is 0. The lowest BCUT2D eigenvalue weighted by Crippen LogP contribution is -2.57. The van der Waals surface area contributed by atoms with Crippen molar-refractivity contribution in [2.45, 2.75) is 69.1 Å². The molecule has 0 heterocycles. The molecule has 0 radical (unpaired) electrons. The van der Waals surface area contributed by atoms with Crippen molar-refractivity contribution in [2.24, 2.45) is 33.7 Å². The minimum Gasteiger partial charge on any atom is -0.481 e. The molecule has 0 aliphatic heterocycles. The molecule has 0 rings (SSSR count). The van der Waals surface area contributed by atoms with E-state index in [1.807, 2.05) is 0 Å². The molecular weight excluding hydrogens is 510 g/mol. The Bertz CT molecular complexity index is 922. The number of aliphatic carboxylic acids is 2. The third-order valence-electron chi connectivity index (χ3n) is 4.92. The van der Waals surface area contributed by atoms with Crippen LogP contribution in [-0.4, -0.2) is 88.4 Å². The number of hydrogen-bond donors (Lipinski definition) is 10. The molecule has 214 valence electrons. The average Bonchev–Trinajstić information content (AvgIpc) is 2.79. The molecule has 0 fully saturated rings. The molecule has 15 N–H and O–H groups in total. The lowest BCUT2D eigenvalue weighted by Gasteiger charge is -2.25. The molecule has 0 aromatic heterocycles. The summed E-state index contributed by atoms with van der Waals surface area (Å²) in [5.41, 5.74) is 26.2. The highest BCUT2D eigenvalue weighted by molar-refractivity contribution is 5.95. The van der Waals surface area contributed by atoms with Crippen LogP contribution in [0.2, 0.25) is 0 Å². The SMILES string of the molecule is NC(=O)CCC(NC(=O)C(CCCN=C(N)N)NC(=O)C(CCC(N)=O)NC(=O)C(N)CC(=O)O)C(=O)O. The van der Waals surface area contributed by atoms with Crippen molar-refractivity contribution in [3.8, 4) is 0 Å². The summed E-state index contributed by atoms with van der Waals surface area (Å²) in [5.74, 6) is -7.56. The highest BCUT2D eigenvalue weighted by atomic mass is 16.4. The maximum Gasteiger partial charge on any atom is 0.326 e. The third kappa shape index (κ3) is 14.8. The van der Waals surface area contributed by atoms with Crippen molar-refractivity contribution < 1.29 is 43.8 Å². The summed E-state index contributed by atoms with van der Waals surface area (Å²) in [6.45, 7) is 0.0535. The Hall–Kier alpha value is -4.48. The number of carboxylic acid groups (broad SMARTS) is 2. The van der Waals surface area contributed by atoms with E-state index in [9.17, 15) is 38.7 Å². The molecule has 0 aromatic carbocycles. The third-order valence-corrected chi connectivity index (χ3v) is 4.92. The van der Waals surface area contributed by atoms with Crippen molar-refractivity contribution in [1.29, 1.82) is 0 Å². The first kappa shape index (κ1) is 33.5. The zero-order chi connectivity index (χ0) is 29.4. The molecular formula is C20H35N9O9. The van der Waals surface area contributed by atoms with E-state index < -0.39 is 72.1 Å². The standard InChI is InChI=1S/C20H35N9O9/c21-9(8-15(32)33)16(34)27-11(3-5-13(22)30)18(36)28-10(2-1-7-26-20(24)25)17(35)29-12(19(37)38)4-6-14(23)31/h9-12H,1-8,21H2,(H2,22,30)(H2,23,31)(H,27,34)(H,28,36)(H,29,35)(H,32,33)(H,37,38)(H4,24,25,26). The average molecular weight is 546 g/mol. The van der Waals surface area contributed by atoms with Gasteiger partial charge in [-0.3, -0.25) is 33.8 Å². The minimum absolute atomic E-state index is 0.0535. The fraction of sp³-hybridized carbons (Fsp3) is 0.600. The van der Waals surface area contributed by atoms with E-state index >= 15 is 0 Å². The second kappa shape index (κ2) is 17.1. The van der Waals surface area contributed by atoms with Crippen LogP contribution in [0.1, 0.15) is 44.9 Å². The molecule has 0 saturated heterocycles. The van der Waals surface area contributed by atoms with Gasteiger partial charge in [0.15, 0.2) is 5.96 Å². The highest BCUT2D eigenvalue weighted by Crippen LogP contribution is 2.06. The largest absolute Gasteiger partial charge is 0.481 e. The van der Waals surface area contributed by atoms with Crippen molar-refractivity contribution in [2.75, 3.05) is 6.54 Å². The number of rotatable bonds is 19. The minimum atomic E-state index is -1.52. The Balaban J connectivity index is 5.74. The number of nitrogens with one attached hydrogen (secondary N) is 3. The molecule has 0 aliphatic rings. The first-order valence-corrected chi connectivity index (χ1v) is 11.4. The molecule has 5 amide bonds. The van der Waals surface area contributed by atoms with Gasteiger partial charge in [0, 0.05) is 19.4 Å². The number of nitrogens with two attached hydrogens (primary N) is 5. The first-order chi connectivity index (χ1) is 17.6. The highest BCUT2D eigenvalue weighted by Gasteiger charge is 2.30. The molecule has 18 heteroatoms. The van der Waals surface area contributed by atoms with Crippen LogP contribution < -0.4 is 44.6 Å². The zero-order valence-corrected chi connectivity index (χ0v) is 20.6. The molecule has 38 heavy (non-hydrogen) atoms. The van der Waals surface area contributed by atoms with E-state index in [2.05, 4.69) is 20.9 Å². The number of primary amides is 2. The Kier molecular flexibility index (Phi) is 15.0. The number of hydrogen-bond acceptors (Lipinski definition) is 9. The second-order valence-electron chi connectivity index (χ2n) is 8.18. The molecule has 4 atom stereocenters. The van der Waals surface area contributed by atoms with Gasteiger partial charge in [0.25, 0.3) is 0 Å². The van der Waals surface area contributed by atoms with Gasteiger partial charge in [-0.05, 0) is 25.7 Å². The lowest BCUT2D eigenvalue weighted by atomic mass is 10.1. The normalized spacial score (nSPS) is 13.6. The van der Waals surface area contributed by atoms with Gasteiger partial charge in [-0.2, -0.15) is 0 Å². The van der Waals surface area contributed by atoms with Crippen molar-refractivity contribution in [3.63, 3.8) is 0 Å². The van der Waals surface area contributed by atoms with Crippen molar-refractivity contribution >= 4 is 47.4 Å². The summed E-state index contributed by atoms with van der Waals surface area (Å²) >= 11 is 0. The predicted molar refractivity (Wildman–Crippen MR) is 130 cm³/mol. The topological polar surface area (TPSA) is 338 Å². The maximum atomic E-state index is 13.0. The number of amides is 5. The number of nitrogens with zero attached hydrogens (tertiary/aromatic N) is 1. The summed E-state index contributed by atoms with van der Waals surface area (Å²) in [5, 5.41) is 24.9. The zero-order valence-electron chi connectivity index (χ0n) is 20.6. The molecule has 4 unspecified atom stereocenters. The lowest BCUT2D eigenvalue weighted by molar-refractivity contribution is -0.142. The fourth-order valence-corrected chi connectivity index (χ4v) is 2.98. The van der Waals surface area contributed by atoms with Crippen LogP contribution >= 0.6 is 0 Å². The van der Waals surface area contributed by atoms with Crippen molar-refractivity contribution in [3.05, 3.63) is 0 Å². The Morgan fingerprint density at radius 2 is 1.13 bits per heavy atom. The van der Waals surface area contributed by atoms with E-state index in [1.54, 1.807) is 0 Å². The number of carbonyl (C=O) groups is 7.